The Hall–Kier alpha value is -0.950. The fourth-order valence-corrected chi connectivity index (χ4v) is 1.90. The Kier molecular flexibility index (Phi) is 4.43. The van der Waals surface area contributed by atoms with Crippen molar-refractivity contribution in [1.29, 1.82) is 0 Å². The zero-order chi connectivity index (χ0) is 12.3. The lowest BCUT2D eigenvalue weighted by atomic mass is 9.82. The van der Waals surface area contributed by atoms with Crippen molar-refractivity contribution in [2.45, 2.75) is 31.1 Å². The molecule has 0 spiro atoms. The molecule has 1 aliphatic carbocycles. The molecule has 16 heavy (non-hydrogen) atoms. The maximum Gasteiger partial charge on any atom is 0.331 e. The SMILES string of the molecule is NC1CC(C(=O)O)=CC([C@@H](O)C(O)CO)C1. The smallest absolute Gasteiger partial charge is 0.331 e. The summed E-state index contributed by atoms with van der Waals surface area (Å²) in [6.07, 6.45) is -0.398. The van der Waals surface area contributed by atoms with E-state index in [0.29, 0.717) is 6.42 Å². The Bertz CT molecular complexity index is 291. The van der Waals surface area contributed by atoms with Gasteiger partial charge in [-0.3, -0.25) is 0 Å². The van der Waals surface area contributed by atoms with Gasteiger partial charge in [0.1, 0.15) is 6.10 Å². The Balaban J connectivity index is 2.80. The van der Waals surface area contributed by atoms with E-state index in [9.17, 15) is 15.0 Å². The molecular weight excluding hydrogens is 214 g/mol. The van der Waals surface area contributed by atoms with E-state index in [0.717, 1.165) is 0 Å². The van der Waals surface area contributed by atoms with Gasteiger partial charge in [-0.2, -0.15) is 0 Å². The Morgan fingerprint density at radius 2 is 2.19 bits per heavy atom. The van der Waals surface area contributed by atoms with Crippen LogP contribution in [0.1, 0.15) is 12.8 Å². The maximum atomic E-state index is 10.8. The maximum absolute atomic E-state index is 10.8. The van der Waals surface area contributed by atoms with Crippen LogP contribution in [0.3, 0.4) is 0 Å². The molecule has 0 aromatic carbocycles. The normalized spacial score (nSPS) is 29.4. The molecular formula is C10H17NO5. The predicted octanol–water partition coefficient (Wildman–Crippen LogP) is -1.55. The Morgan fingerprint density at radius 3 is 2.69 bits per heavy atom. The number of aliphatic hydroxyl groups excluding tert-OH is 3. The third-order valence-electron chi connectivity index (χ3n) is 2.77. The van der Waals surface area contributed by atoms with Crippen LogP contribution in [0.4, 0.5) is 0 Å². The molecule has 92 valence electrons. The lowest BCUT2D eigenvalue weighted by Crippen LogP contribution is -2.40. The van der Waals surface area contributed by atoms with Gasteiger partial charge in [0.05, 0.1) is 12.7 Å². The molecule has 0 radical (unpaired) electrons. The first-order valence-electron chi connectivity index (χ1n) is 5.12. The number of carboxylic acids is 1. The molecule has 1 rings (SSSR count). The number of hydrogen-bond donors (Lipinski definition) is 5. The summed E-state index contributed by atoms with van der Waals surface area (Å²) in [5.74, 6) is -1.59. The van der Waals surface area contributed by atoms with Gasteiger partial charge in [0.15, 0.2) is 0 Å². The summed E-state index contributed by atoms with van der Waals surface area (Å²) >= 11 is 0. The third-order valence-corrected chi connectivity index (χ3v) is 2.77. The van der Waals surface area contributed by atoms with Crippen molar-refractivity contribution in [2.75, 3.05) is 6.61 Å². The average molecular weight is 231 g/mol. The summed E-state index contributed by atoms with van der Waals surface area (Å²) in [4.78, 5) is 10.8. The second kappa shape index (κ2) is 5.40. The molecule has 0 amide bonds. The van der Waals surface area contributed by atoms with E-state index in [1.807, 2.05) is 0 Å². The van der Waals surface area contributed by atoms with E-state index in [4.69, 9.17) is 15.9 Å². The van der Waals surface area contributed by atoms with Crippen molar-refractivity contribution >= 4 is 5.97 Å². The minimum absolute atomic E-state index is 0.146. The standard InChI is InChI=1S/C10H17NO5/c11-7-2-5(9(14)8(13)4-12)1-6(3-7)10(15)16/h1,5,7-9,12-14H,2-4,11H2,(H,15,16)/t5?,7?,8?,9-/m1/s1. The average Bonchev–Trinajstić information content (AvgIpc) is 2.26. The molecule has 0 bridgehead atoms. The number of carbonyl (C=O) groups is 1. The highest BCUT2D eigenvalue weighted by Crippen LogP contribution is 2.26. The molecule has 6 N–H and O–H groups in total. The van der Waals surface area contributed by atoms with Crippen LogP contribution < -0.4 is 5.73 Å². The zero-order valence-electron chi connectivity index (χ0n) is 8.78. The van der Waals surface area contributed by atoms with Crippen molar-refractivity contribution < 1.29 is 25.2 Å². The Labute approximate surface area is 93.0 Å². The van der Waals surface area contributed by atoms with E-state index in [1.54, 1.807) is 0 Å². The molecule has 0 saturated heterocycles. The number of rotatable bonds is 4. The number of nitrogens with two attached hydrogens (primary N) is 1. The summed E-state index contributed by atoms with van der Waals surface area (Å²) in [6, 6.07) is -0.346. The molecule has 1 aliphatic rings. The van der Waals surface area contributed by atoms with Crippen LogP contribution in [-0.4, -0.2) is 51.3 Å². The monoisotopic (exact) mass is 231 g/mol. The molecule has 0 heterocycles. The van der Waals surface area contributed by atoms with E-state index in [2.05, 4.69) is 0 Å². The van der Waals surface area contributed by atoms with Gasteiger partial charge in [-0.25, -0.2) is 4.79 Å². The first kappa shape index (κ1) is 13.1. The number of hydrogen-bond acceptors (Lipinski definition) is 5. The van der Waals surface area contributed by atoms with E-state index < -0.39 is 30.7 Å². The molecule has 6 nitrogen and oxygen atoms in total. The summed E-state index contributed by atoms with van der Waals surface area (Å²) in [5, 5.41) is 36.5. The highest BCUT2D eigenvalue weighted by molar-refractivity contribution is 5.86. The van der Waals surface area contributed by atoms with Crippen LogP contribution in [0, 0.1) is 5.92 Å². The molecule has 0 fully saturated rings. The second-order valence-corrected chi connectivity index (χ2v) is 4.10. The van der Waals surface area contributed by atoms with E-state index in [-0.39, 0.29) is 18.0 Å². The van der Waals surface area contributed by atoms with Crippen LogP contribution in [0.5, 0.6) is 0 Å². The zero-order valence-corrected chi connectivity index (χ0v) is 8.78. The fourth-order valence-electron chi connectivity index (χ4n) is 1.90. The van der Waals surface area contributed by atoms with Crippen LogP contribution in [0.2, 0.25) is 0 Å². The van der Waals surface area contributed by atoms with Gasteiger partial charge in [-0.15, -0.1) is 0 Å². The summed E-state index contributed by atoms with van der Waals surface area (Å²) in [5.41, 5.74) is 5.82. The number of carboxylic acid groups (broad SMARTS) is 1. The van der Waals surface area contributed by atoms with E-state index >= 15 is 0 Å². The molecule has 6 heteroatoms. The Morgan fingerprint density at radius 1 is 1.56 bits per heavy atom. The van der Waals surface area contributed by atoms with Crippen LogP contribution in [0.25, 0.3) is 0 Å². The van der Waals surface area contributed by atoms with E-state index in [1.165, 1.54) is 6.08 Å². The van der Waals surface area contributed by atoms with Gasteiger partial charge in [0, 0.05) is 17.5 Å². The highest BCUT2D eigenvalue weighted by Gasteiger charge is 2.31. The van der Waals surface area contributed by atoms with Gasteiger partial charge in [0.25, 0.3) is 0 Å². The summed E-state index contributed by atoms with van der Waals surface area (Å²) < 4.78 is 0. The first-order valence-corrected chi connectivity index (χ1v) is 5.12. The van der Waals surface area contributed by atoms with Crippen molar-refractivity contribution in [3.05, 3.63) is 11.6 Å². The number of aliphatic hydroxyl groups is 3. The van der Waals surface area contributed by atoms with Gasteiger partial charge >= 0.3 is 5.97 Å². The van der Waals surface area contributed by atoms with Crippen LogP contribution >= 0.6 is 0 Å². The van der Waals surface area contributed by atoms with Crippen molar-refractivity contribution in [1.82, 2.24) is 0 Å². The van der Waals surface area contributed by atoms with Crippen molar-refractivity contribution in [3.8, 4) is 0 Å². The molecule has 0 aromatic heterocycles. The van der Waals surface area contributed by atoms with Crippen LogP contribution in [-0.2, 0) is 4.79 Å². The molecule has 0 aromatic rings. The second-order valence-electron chi connectivity index (χ2n) is 4.10. The van der Waals surface area contributed by atoms with Gasteiger partial charge in [-0.1, -0.05) is 6.08 Å². The molecule has 0 aliphatic heterocycles. The third kappa shape index (κ3) is 3.02. The topological polar surface area (TPSA) is 124 Å². The number of aliphatic carboxylic acids is 1. The molecule has 0 saturated carbocycles. The van der Waals surface area contributed by atoms with Crippen molar-refractivity contribution in [3.63, 3.8) is 0 Å². The van der Waals surface area contributed by atoms with Crippen molar-refractivity contribution in [2.24, 2.45) is 11.7 Å². The van der Waals surface area contributed by atoms with Gasteiger partial charge in [-0.05, 0) is 12.8 Å². The quantitative estimate of drug-likeness (QED) is 0.399. The minimum atomic E-state index is -1.28. The summed E-state index contributed by atoms with van der Waals surface area (Å²) in [7, 11) is 0. The molecule has 4 atom stereocenters. The first-order chi connectivity index (χ1) is 7.45. The predicted molar refractivity (Wildman–Crippen MR) is 55.5 cm³/mol. The largest absolute Gasteiger partial charge is 0.478 e. The van der Waals surface area contributed by atoms with Gasteiger partial charge < -0.3 is 26.2 Å². The minimum Gasteiger partial charge on any atom is -0.478 e. The fraction of sp³-hybridized carbons (Fsp3) is 0.700. The summed E-state index contributed by atoms with van der Waals surface area (Å²) in [6.45, 7) is -0.566. The lowest BCUT2D eigenvalue weighted by Gasteiger charge is -2.30. The molecule has 3 unspecified atom stereocenters. The van der Waals surface area contributed by atoms with Crippen LogP contribution in [0.15, 0.2) is 11.6 Å². The highest BCUT2D eigenvalue weighted by atomic mass is 16.4. The van der Waals surface area contributed by atoms with Gasteiger partial charge in [0.2, 0.25) is 0 Å². The lowest BCUT2D eigenvalue weighted by molar-refractivity contribution is -0.133.